The second-order valence-corrected chi connectivity index (χ2v) is 8.20. The van der Waals surface area contributed by atoms with Gasteiger partial charge in [-0.3, -0.25) is 4.98 Å². The monoisotopic (exact) mass is 410 g/mol. The first-order valence-corrected chi connectivity index (χ1v) is 10.8. The lowest BCUT2D eigenvalue weighted by Gasteiger charge is -2.23. The van der Waals surface area contributed by atoms with Crippen LogP contribution in [0.2, 0.25) is 0 Å². The molecule has 31 heavy (non-hydrogen) atoms. The molecule has 1 aromatic carbocycles. The molecule has 5 rings (SSSR count). The smallest absolute Gasteiger partial charge is 0.174 e. The summed E-state index contributed by atoms with van der Waals surface area (Å²) in [4.78, 5) is 13.9. The second kappa shape index (κ2) is 7.95. The molecule has 6 nitrogen and oxygen atoms in total. The van der Waals surface area contributed by atoms with Gasteiger partial charge in [0.2, 0.25) is 0 Å². The van der Waals surface area contributed by atoms with Crippen LogP contribution in [-0.4, -0.2) is 29.3 Å². The zero-order valence-electron chi connectivity index (χ0n) is 18.2. The highest BCUT2D eigenvalue weighted by atomic mass is 15.4. The van der Waals surface area contributed by atoms with Crippen LogP contribution >= 0.6 is 0 Å². The average molecular weight is 411 g/mol. The number of aromatic nitrogens is 6. The van der Waals surface area contributed by atoms with Gasteiger partial charge in [0.05, 0.1) is 29.1 Å². The predicted molar refractivity (Wildman–Crippen MR) is 122 cm³/mol. The molecule has 0 aliphatic carbocycles. The van der Waals surface area contributed by atoms with E-state index in [1.54, 1.807) is 0 Å². The van der Waals surface area contributed by atoms with Gasteiger partial charge in [-0.15, -0.1) is 0 Å². The van der Waals surface area contributed by atoms with Crippen LogP contribution in [0.1, 0.15) is 58.6 Å². The maximum absolute atomic E-state index is 4.88. The van der Waals surface area contributed by atoms with Crippen molar-refractivity contribution >= 4 is 12.2 Å². The molecule has 3 aromatic heterocycles. The molecule has 1 aliphatic heterocycles. The number of hydrogen-bond acceptors (Lipinski definition) is 4. The Balaban J connectivity index is 1.40. The van der Waals surface area contributed by atoms with Crippen LogP contribution in [0.4, 0.5) is 0 Å². The molecule has 0 saturated heterocycles. The minimum absolute atomic E-state index is 0.308. The van der Waals surface area contributed by atoms with E-state index < -0.39 is 0 Å². The molecule has 1 aliphatic rings. The van der Waals surface area contributed by atoms with E-state index in [9.17, 15) is 0 Å². The van der Waals surface area contributed by atoms with E-state index in [1.807, 2.05) is 49.2 Å². The lowest BCUT2D eigenvalue weighted by molar-refractivity contribution is 0.445. The fourth-order valence-corrected chi connectivity index (χ4v) is 4.36. The Bertz CT molecular complexity index is 1260. The fourth-order valence-electron chi connectivity index (χ4n) is 4.36. The van der Waals surface area contributed by atoms with E-state index in [-0.39, 0.29) is 0 Å². The Hall–Kier alpha value is -3.54. The van der Waals surface area contributed by atoms with Crippen LogP contribution in [0.5, 0.6) is 0 Å². The molecule has 0 saturated carbocycles. The maximum Gasteiger partial charge on any atom is 0.174 e. The molecule has 0 radical (unpaired) electrons. The summed E-state index contributed by atoms with van der Waals surface area (Å²) < 4.78 is 4.07. The van der Waals surface area contributed by atoms with Crippen LogP contribution in [0.3, 0.4) is 0 Å². The molecule has 0 bridgehead atoms. The van der Waals surface area contributed by atoms with Crippen LogP contribution in [-0.2, 0) is 6.54 Å². The summed E-state index contributed by atoms with van der Waals surface area (Å²) in [7, 11) is 0. The Kier molecular flexibility index (Phi) is 4.98. The summed E-state index contributed by atoms with van der Waals surface area (Å²) in [6, 6.07) is 12.7. The highest BCUT2D eigenvalue weighted by Crippen LogP contribution is 2.33. The van der Waals surface area contributed by atoms with Gasteiger partial charge in [0.1, 0.15) is 5.82 Å². The molecular weight excluding hydrogens is 384 g/mol. The Morgan fingerprint density at radius 1 is 1.00 bits per heavy atom. The van der Waals surface area contributed by atoms with E-state index in [4.69, 9.17) is 15.1 Å². The first-order chi connectivity index (χ1) is 15.1. The molecule has 0 unspecified atom stereocenters. The molecule has 156 valence electrons. The van der Waals surface area contributed by atoms with Crippen molar-refractivity contribution in [2.75, 3.05) is 0 Å². The predicted octanol–water partition coefficient (Wildman–Crippen LogP) is 4.88. The highest BCUT2D eigenvalue weighted by molar-refractivity contribution is 5.65. The van der Waals surface area contributed by atoms with Crippen LogP contribution in [0, 0.1) is 20.8 Å². The number of pyridine rings is 1. The number of fused-ring (bicyclic) bond motifs is 1. The SMILES string of the molecule is Cc1cn(-c2ccc(/C=C/c3nc4n(n3)CCC[C@H]4c3ccccc3C)nc2C)cn1. The summed E-state index contributed by atoms with van der Waals surface area (Å²) in [5, 5.41) is 4.74. The minimum atomic E-state index is 0.308. The molecule has 0 N–H and O–H groups in total. The van der Waals surface area contributed by atoms with E-state index in [0.717, 1.165) is 53.8 Å². The summed E-state index contributed by atoms with van der Waals surface area (Å²) >= 11 is 0. The largest absolute Gasteiger partial charge is 0.304 e. The Morgan fingerprint density at radius 2 is 1.87 bits per heavy atom. The molecule has 0 spiro atoms. The number of aryl methyl sites for hydroxylation is 4. The molecule has 4 heterocycles. The molecular formula is C25H26N6. The normalized spacial score (nSPS) is 16.0. The van der Waals surface area contributed by atoms with Gasteiger partial charge < -0.3 is 4.57 Å². The number of hydrogen-bond donors (Lipinski definition) is 0. The average Bonchev–Trinajstić information content (AvgIpc) is 3.38. The summed E-state index contributed by atoms with van der Waals surface area (Å²) in [6.07, 6.45) is 10.0. The summed E-state index contributed by atoms with van der Waals surface area (Å²) in [5.74, 6) is 2.11. The molecule has 4 aromatic rings. The highest BCUT2D eigenvalue weighted by Gasteiger charge is 2.26. The first-order valence-electron chi connectivity index (χ1n) is 10.8. The summed E-state index contributed by atoms with van der Waals surface area (Å²) in [5.41, 5.74) is 6.54. The molecule has 1 atom stereocenters. The molecule has 6 heteroatoms. The second-order valence-electron chi connectivity index (χ2n) is 8.20. The van der Waals surface area contributed by atoms with Gasteiger partial charge in [0.15, 0.2) is 5.82 Å². The van der Waals surface area contributed by atoms with Crippen LogP contribution in [0.25, 0.3) is 17.8 Å². The maximum atomic E-state index is 4.88. The topological polar surface area (TPSA) is 61.4 Å². The fraction of sp³-hybridized carbons (Fsp3) is 0.280. The van der Waals surface area contributed by atoms with E-state index in [0.29, 0.717) is 5.92 Å². The van der Waals surface area contributed by atoms with Crippen molar-refractivity contribution in [3.63, 3.8) is 0 Å². The van der Waals surface area contributed by atoms with Gasteiger partial charge in [-0.05, 0) is 69.0 Å². The van der Waals surface area contributed by atoms with Gasteiger partial charge in [0, 0.05) is 18.7 Å². The molecule has 0 fully saturated rings. The molecule has 0 amide bonds. The zero-order valence-corrected chi connectivity index (χ0v) is 18.2. The van der Waals surface area contributed by atoms with Crippen LogP contribution < -0.4 is 0 Å². The van der Waals surface area contributed by atoms with Crippen molar-refractivity contribution in [2.45, 2.75) is 46.1 Å². The third-order valence-corrected chi connectivity index (χ3v) is 5.93. The van der Waals surface area contributed by atoms with E-state index in [2.05, 4.69) is 46.9 Å². The third-order valence-electron chi connectivity index (χ3n) is 5.93. The van der Waals surface area contributed by atoms with E-state index in [1.165, 1.54) is 11.1 Å². The lowest BCUT2D eigenvalue weighted by atomic mass is 9.88. The van der Waals surface area contributed by atoms with Gasteiger partial charge in [-0.25, -0.2) is 14.6 Å². The standard InChI is InChI=1S/C25H26N6/c1-17-7-4-5-8-21(17)22-9-6-14-31-25(22)28-24(29-31)13-11-20-10-12-23(19(3)27-20)30-15-18(2)26-16-30/h4-5,7-8,10-13,15-16,22H,6,9,14H2,1-3H3/b13-11+/t22-/m0/s1. The summed E-state index contributed by atoms with van der Waals surface area (Å²) in [6.45, 7) is 7.10. The quantitative estimate of drug-likeness (QED) is 0.481. The van der Waals surface area contributed by atoms with Crippen molar-refractivity contribution in [3.05, 3.63) is 88.8 Å². The Labute approximate surface area is 182 Å². The van der Waals surface area contributed by atoms with E-state index >= 15 is 0 Å². The van der Waals surface area contributed by atoms with Crippen molar-refractivity contribution in [2.24, 2.45) is 0 Å². The zero-order chi connectivity index (χ0) is 21.4. The van der Waals surface area contributed by atoms with Gasteiger partial charge in [0.25, 0.3) is 0 Å². The number of benzene rings is 1. The third kappa shape index (κ3) is 3.81. The van der Waals surface area contributed by atoms with Crippen molar-refractivity contribution in [1.29, 1.82) is 0 Å². The number of imidazole rings is 1. The van der Waals surface area contributed by atoms with Gasteiger partial charge in [-0.1, -0.05) is 24.3 Å². The lowest BCUT2D eigenvalue weighted by Crippen LogP contribution is -2.18. The van der Waals surface area contributed by atoms with Crippen LogP contribution in [0.15, 0.2) is 48.9 Å². The van der Waals surface area contributed by atoms with Crippen molar-refractivity contribution in [3.8, 4) is 5.69 Å². The van der Waals surface area contributed by atoms with Gasteiger partial charge in [-0.2, -0.15) is 5.10 Å². The Morgan fingerprint density at radius 3 is 2.65 bits per heavy atom. The number of rotatable bonds is 4. The van der Waals surface area contributed by atoms with Gasteiger partial charge >= 0.3 is 0 Å². The van der Waals surface area contributed by atoms with Crippen molar-refractivity contribution < 1.29 is 0 Å². The first kappa shape index (κ1) is 19.4. The number of nitrogens with zero attached hydrogens (tertiary/aromatic N) is 6. The minimum Gasteiger partial charge on any atom is -0.304 e. The van der Waals surface area contributed by atoms with Crippen molar-refractivity contribution in [1.82, 2.24) is 29.3 Å².